The number of thiophene rings is 4. The van der Waals surface area contributed by atoms with Crippen molar-refractivity contribution < 1.29 is 56.8 Å². The second kappa shape index (κ2) is 13.4. The molecule has 0 spiro atoms. The molecule has 18 heteroatoms. The van der Waals surface area contributed by atoms with Gasteiger partial charge in [-0.2, -0.15) is 0 Å². The van der Waals surface area contributed by atoms with E-state index in [1.54, 1.807) is 68.9 Å². The van der Waals surface area contributed by atoms with Crippen molar-refractivity contribution in [2.24, 2.45) is 0 Å². The van der Waals surface area contributed by atoms with Gasteiger partial charge in [0, 0.05) is 9.75 Å². The minimum absolute atomic E-state index is 0.156. The lowest BCUT2D eigenvalue weighted by molar-refractivity contribution is 0.0703. The lowest BCUT2D eigenvalue weighted by Gasteiger charge is -2.21. The Labute approximate surface area is 343 Å². The highest BCUT2D eigenvalue weighted by Crippen LogP contribution is 2.62. The van der Waals surface area contributed by atoms with E-state index in [-0.39, 0.29) is 10.5 Å². The van der Waals surface area contributed by atoms with Crippen molar-refractivity contribution in [3.63, 3.8) is 0 Å². The zero-order chi connectivity index (χ0) is 37.1. The van der Waals surface area contributed by atoms with E-state index in [0.29, 0.717) is 102 Å². The molecule has 12 nitrogen and oxygen atoms in total. The van der Waals surface area contributed by atoms with Gasteiger partial charge in [0.2, 0.25) is 0 Å². The summed E-state index contributed by atoms with van der Waals surface area (Å²) in [6.45, 7) is 9.81. The SMILES string of the molecule is Cc1sc(C2SC(=c3s/c(=c4/sc(=C5SC(c6sc(C)c7c6OCCO7)C6=C5OCCO6)c5c4OCCO5)c4c3OCCO4)C3=C2OCCO3)c2c1OCCO2. The standard InChI is InChI=1S/C38H32O12S6/c1-15-17-19(41-5-3-39-17)29(51-15)31-21-23(45-9-7-43-21)33(53-31)35-25-27(49-13-11-47-25)37(55-35)38-28-26(48-12-14-50-28)36(56-38)34-24-22(44-8-10-46-24)32(54-34)30-20-18(16(2)52-30)40-4-6-42-20/h31-32H,3-14H2,1-2H3/b35-33?,36-34?,38-37+. The molecule has 0 radical (unpaired) electrons. The van der Waals surface area contributed by atoms with Crippen molar-refractivity contribution in [2.45, 2.75) is 24.3 Å². The van der Waals surface area contributed by atoms with Gasteiger partial charge in [0.25, 0.3) is 0 Å². The number of ether oxygens (including phenoxy) is 12. The molecule has 8 aliphatic rings. The molecule has 0 saturated heterocycles. The van der Waals surface area contributed by atoms with Gasteiger partial charge in [0.15, 0.2) is 69.0 Å². The molecular weight excluding hydrogens is 841 g/mol. The van der Waals surface area contributed by atoms with Crippen molar-refractivity contribution in [1.29, 1.82) is 0 Å². The fraction of sp³-hybridized carbons (Fsp3) is 0.421. The number of hydrogen-bond acceptors (Lipinski definition) is 18. The van der Waals surface area contributed by atoms with Crippen LogP contribution in [-0.4, -0.2) is 79.3 Å². The van der Waals surface area contributed by atoms with Gasteiger partial charge in [-0.05, 0) is 13.8 Å². The van der Waals surface area contributed by atoms with E-state index in [1.807, 2.05) is 0 Å². The molecule has 2 atom stereocenters. The van der Waals surface area contributed by atoms with E-state index in [1.165, 1.54) is 0 Å². The van der Waals surface area contributed by atoms with Crippen molar-refractivity contribution in [1.82, 2.24) is 0 Å². The summed E-state index contributed by atoms with van der Waals surface area (Å²) in [6, 6.07) is 0. The number of aryl methyl sites for hydroxylation is 2. The van der Waals surface area contributed by atoms with E-state index in [2.05, 4.69) is 13.8 Å². The van der Waals surface area contributed by atoms with Crippen LogP contribution < -0.4 is 47.0 Å². The highest BCUT2D eigenvalue weighted by atomic mass is 32.2. The van der Waals surface area contributed by atoms with E-state index in [9.17, 15) is 0 Å². The van der Waals surface area contributed by atoms with Gasteiger partial charge in [-0.3, -0.25) is 0 Å². The van der Waals surface area contributed by atoms with Crippen LogP contribution in [0.4, 0.5) is 0 Å². The first kappa shape index (κ1) is 34.4. The summed E-state index contributed by atoms with van der Waals surface area (Å²) in [7, 11) is 0. The molecule has 2 unspecified atom stereocenters. The molecule has 0 amide bonds. The Bertz CT molecular complexity index is 2450. The molecule has 292 valence electrons. The third-order valence-electron chi connectivity index (χ3n) is 10.1. The van der Waals surface area contributed by atoms with Gasteiger partial charge < -0.3 is 56.8 Å². The second-order valence-electron chi connectivity index (χ2n) is 13.4. The largest absolute Gasteiger partial charge is 0.489 e. The van der Waals surface area contributed by atoms with Crippen LogP contribution in [0.1, 0.15) is 30.0 Å². The molecule has 4 aromatic rings. The monoisotopic (exact) mass is 872 g/mol. The Morgan fingerprint density at radius 2 is 0.661 bits per heavy atom. The fourth-order valence-corrected chi connectivity index (χ4v) is 15.8. The van der Waals surface area contributed by atoms with Crippen LogP contribution >= 0.6 is 68.9 Å². The first-order chi connectivity index (χ1) is 27.6. The molecule has 0 fully saturated rings. The molecule has 12 heterocycles. The zero-order valence-electron chi connectivity index (χ0n) is 30.0. The van der Waals surface area contributed by atoms with Crippen LogP contribution in [0.3, 0.4) is 0 Å². The predicted octanol–water partition coefficient (Wildman–Crippen LogP) is 6.63. The van der Waals surface area contributed by atoms with Crippen LogP contribution in [0.5, 0.6) is 46.0 Å². The van der Waals surface area contributed by atoms with Gasteiger partial charge in [0.05, 0.1) is 37.7 Å². The molecule has 0 saturated carbocycles. The highest BCUT2D eigenvalue weighted by Gasteiger charge is 2.44. The first-order valence-electron chi connectivity index (χ1n) is 18.3. The van der Waals surface area contributed by atoms with Crippen LogP contribution in [0, 0.1) is 22.9 Å². The summed E-state index contributed by atoms with van der Waals surface area (Å²) in [4.78, 5) is 6.19. The maximum absolute atomic E-state index is 6.48. The van der Waals surface area contributed by atoms with Crippen molar-refractivity contribution >= 4 is 78.7 Å². The van der Waals surface area contributed by atoms with E-state index >= 15 is 0 Å². The van der Waals surface area contributed by atoms with E-state index < -0.39 is 0 Å². The number of fused-ring (bicyclic) bond motifs is 4. The Morgan fingerprint density at radius 3 is 1.07 bits per heavy atom. The zero-order valence-corrected chi connectivity index (χ0v) is 34.9. The minimum Gasteiger partial charge on any atom is -0.489 e. The van der Waals surface area contributed by atoms with Crippen molar-refractivity contribution in [3.8, 4) is 46.0 Å². The van der Waals surface area contributed by atoms with Crippen molar-refractivity contribution in [2.75, 3.05) is 79.3 Å². The molecular formula is C38H32O12S6. The normalized spacial score (nSPS) is 25.5. The average Bonchev–Trinajstić information content (AvgIpc) is 4.10. The van der Waals surface area contributed by atoms with Gasteiger partial charge >= 0.3 is 0 Å². The summed E-state index contributed by atoms with van der Waals surface area (Å²) in [5, 5.41) is -0.312. The van der Waals surface area contributed by atoms with Gasteiger partial charge in [0.1, 0.15) is 89.8 Å². The molecule has 0 aliphatic carbocycles. The van der Waals surface area contributed by atoms with E-state index in [0.717, 1.165) is 93.5 Å². The summed E-state index contributed by atoms with van der Waals surface area (Å²) >= 11 is 9.97. The van der Waals surface area contributed by atoms with Gasteiger partial charge in [-0.15, -0.1) is 68.9 Å². The second-order valence-corrected chi connectivity index (χ2v) is 20.2. The molecule has 4 aromatic heterocycles. The smallest absolute Gasteiger partial charge is 0.181 e. The molecule has 56 heavy (non-hydrogen) atoms. The molecule has 0 aromatic carbocycles. The fourth-order valence-electron chi connectivity index (χ4n) is 7.80. The van der Waals surface area contributed by atoms with E-state index in [4.69, 9.17) is 56.8 Å². The first-order valence-corrected chi connectivity index (χ1v) is 23.4. The highest BCUT2D eigenvalue weighted by molar-refractivity contribution is 8.09. The summed E-state index contributed by atoms with van der Waals surface area (Å²) in [6.07, 6.45) is 0. The maximum Gasteiger partial charge on any atom is 0.181 e. The van der Waals surface area contributed by atoms with Crippen LogP contribution in [0.15, 0.2) is 23.0 Å². The van der Waals surface area contributed by atoms with Gasteiger partial charge in [-0.25, -0.2) is 0 Å². The minimum atomic E-state index is -0.156. The Kier molecular flexibility index (Phi) is 8.25. The van der Waals surface area contributed by atoms with Crippen molar-refractivity contribution in [3.05, 3.63) is 60.7 Å². The lowest BCUT2D eigenvalue weighted by atomic mass is 10.2. The molecule has 0 N–H and O–H groups in total. The third kappa shape index (κ3) is 5.14. The Hall–Kier alpha value is -3.68. The quantitative estimate of drug-likeness (QED) is 0.215. The Morgan fingerprint density at radius 1 is 0.339 bits per heavy atom. The summed E-state index contributed by atoms with van der Waals surface area (Å²) in [5.41, 5.74) is 0. The number of hydrogen-bond donors (Lipinski definition) is 0. The number of rotatable bonds is 2. The predicted molar refractivity (Wildman–Crippen MR) is 213 cm³/mol. The molecule has 0 bridgehead atoms. The topological polar surface area (TPSA) is 111 Å². The molecule has 12 rings (SSSR count). The van der Waals surface area contributed by atoms with Crippen LogP contribution in [0.2, 0.25) is 0 Å². The average molecular weight is 873 g/mol. The number of thioether (sulfide) groups is 2. The van der Waals surface area contributed by atoms with Gasteiger partial charge in [-0.1, -0.05) is 0 Å². The Balaban J connectivity index is 1.07. The summed E-state index contributed by atoms with van der Waals surface area (Å²) in [5.74, 6) is 9.07. The van der Waals surface area contributed by atoms with Crippen LogP contribution in [0.25, 0.3) is 9.81 Å². The lowest BCUT2D eigenvalue weighted by Crippen LogP contribution is -2.19. The molecule has 8 aliphatic heterocycles. The maximum atomic E-state index is 6.48. The summed E-state index contributed by atoms with van der Waals surface area (Å²) < 4.78 is 79.6. The third-order valence-corrected chi connectivity index (χ3v) is 18.0. The van der Waals surface area contributed by atoms with Crippen LogP contribution in [-0.2, 0) is 18.9 Å².